The van der Waals surface area contributed by atoms with Crippen LogP contribution in [0.25, 0.3) is 0 Å². The van der Waals surface area contributed by atoms with Crippen molar-refractivity contribution in [1.29, 1.82) is 0 Å². The lowest BCUT2D eigenvalue weighted by Gasteiger charge is -2.29. The molecule has 0 aliphatic carbocycles. The third-order valence-electron chi connectivity index (χ3n) is 2.93. The molecule has 1 N–H and O–H groups in total. The number of ether oxygens (including phenoxy) is 2. The fourth-order valence-corrected chi connectivity index (χ4v) is 2.09. The highest BCUT2D eigenvalue weighted by molar-refractivity contribution is 9.10. The molecule has 1 aromatic rings. The van der Waals surface area contributed by atoms with Crippen molar-refractivity contribution >= 4 is 33.6 Å². The highest BCUT2D eigenvalue weighted by Crippen LogP contribution is 2.26. The molecular weight excluding hydrogens is 340 g/mol. The second-order valence-electron chi connectivity index (χ2n) is 5.08. The van der Waals surface area contributed by atoms with Gasteiger partial charge in [-0.25, -0.2) is 9.59 Å². The van der Waals surface area contributed by atoms with Crippen molar-refractivity contribution in [3.8, 4) is 0 Å². The summed E-state index contributed by atoms with van der Waals surface area (Å²) >= 11 is 3.43. The van der Waals surface area contributed by atoms with Crippen molar-refractivity contribution in [2.45, 2.75) is 33.5 Å². The third kappa shape index (κ3) is 3.24. The molecule has 112 valence electrons. The molecule has 1 aliphatic heterocycles. The van der Waals surface area contributed by atoms with Gasteiger partial charge in [-0.15, -0.1) is 0 Å². The summed E-state index contributed by atoms with van der Waals surface area (Å²) in [4.78, 5) is 27.8. The number of aryl methyl sites for hydroxylation is 1. The number of aromatic nitrogens is 1. The second kappa shape index (κ2) is 5.48. The number of hydrogen-bond donors (Lipinski definition) is 1. The van der Waals surface area contributed by atoms with Gasteiger partial charge < -0.3 is 14.8 Å². The smallest absolute Gasteiger partial charge is 0.350 e. The van der Waals surface area contributed by atoms with Crippen LogP contribution in [0.5, 0.6) is 0 Å². The fourth-order valence-electron chi connectivity index (χ4n) is 1.78. The molecule has 0 radical (unpaired) electrons. The molecule has 1 aliphatic rings. The van der Waals surface area contributed by atoms with E-state index in [4.69, 9.17) is 9.47 Å². The van der Waals surface area contributed by atoms with Gasteiger partial charge in [0.1, 0.15) is 0 Å². The molecule has 1 fully saturated rings. The lowest BCUT2D eigenvalue weighted by Crippen LogP contribution is -2.42. The van der Waals surface area contributed by atoms with Crippen molar-refractivity contribution in [1.82, 2.24) is 4.98 Å². The Hall–Kier alpha value is -1.89. The number of carbonyl (C=O) groups excluding carboxylic acids is 2. The number of halogens is 1. The maximum absolute atomic E-state index is 11.8. The summed E-state index contributed by atoms with van der Waals surface area (Å²) in [6.45, 7) is 6.76. The molecule has 1 saturated heterocycles. The Morgan fingerprint density at radius 3 is 2.38 bits per heavy atom. The summed E-state index contributed by atoms with van der Waals surface area (Å²) in [6, 6.07) is 0. The number of carbonyl (C=O) groups is 2. The Kier molecular flexibility index (Phi) is 4.04. The van der Waals surface area contributed by atoms with Crippen LogP contribution < -0.4 is 5.32 Å². The van der Waals surface area contributed by atoms with Crippen LogP contribution in [-0.2, 0) is 19.1 Å². The molecule has 1 aromatic heterocycles. The molecule has 0 aromatic carbocycles. The number of pyridine rings is 1. The molecule has 0 bridgehead atoms. The van der Waals surface area contributed by atoms with Crippen LogP contribution in [0.4, 0.5) is 5.69 Å². The van der Waals surface area contributed by atoms with Crippen molar-refractivity contribution < 1.29 is 19.1 Å². The summed E-state index contributed by atoms with van der Waals surface area (Å²) in [5, 5.41) is 2.88. The molecule has 6 nitrogen and oxygen atoms in total. The quantitative estimate of drug-likeness (QED) is 0.499. The van der Waals surface area contributed by atoms with Crippen LogP contribution in [0.2, 0.25) is 0 Å². The van der Waals surface area contributed by atoms with Crippen molar-refractivity contribution in [2.75, 3.05) is 5.32 Å². The Balaban J connectivity index is 2.24. The van der Waals surface area contributed by atoms with Crippen molar-refractivity contribution in [2.24, 2.45) is 0 Å². The summed E-state index contributed by atoms with van der Waals surface area (Å²) < 4.78 is 10.9. The zero-order valence-electron chi connectivity index (χ0n) is 12.1. The summed E-state index contributed by atoms with van der Waals surface area (Å²) in [7, 11) is 0. The number of nitrogens with one attached hydrogen (secondary N) is 1. The lowest BCUT2D eigenvalue weighted by molar-refractivity contribution is -0.222. The van der Waals surface area contributed by atoms with Crippen LogP contribution in [0.3, 0.4) is 0 Å². The highest BCUT2D eigenvalue weighted by Gasteiger charge is 2.38. The van der Waals surface area contributed by atoms with E-state index in [1.165, 1.54) is 20.0 Å². The molecular formula is C14H15BrN2O4. The average Bonchev–Trinajstić information content (AvgIpc) is 2.36. The Labute approximate surface area is 130 Å². The Morgan fingerprint density at radius 2 is 1.81 bits per heavy atom. The lowest BCUT2D eigenvalue weighted by atomic mass is 10.2. The summed E-state index contributed by atoms with van der Waals surface area (Å²) in [6.07, 6.45) is 2.89. The van der Waals surface area contributed by atoms with E-state index in [0.717, 1.165) is 15.7 Å². The van der Waals surface area contributed by atoms with Gasteiger partial charge in [-0.2, -0.15) is 0 Å². The maximum Gasteiger partial charge on any atom is 0.350 e. The number of hydrogen-bond acceptors (Lipinski definition) is 6. The highest BCUT2D eigenvalue weighted by atomic mass is 79.9. The third-order valence-corrected chi connectivity index (χ3v) is 4.10. The van der Waals surface area contributed by atoms with Gasteiger partial charge in [0.2, 0.25) is 0 Å². The van der Waals surface area contributed by atoms with Gasteiger partial charge in [-0.1, -0.05) is 0 Å². The molecule has 0 atom stereocenters. The van der Waals surface area contributed by atoms with E-state index in [1.54, 1.807) is 6.20 Å². The first kappa shape index (κ1) is 15.5. The van der Waals surface area contributed by atoms with Gasteiger partial charge in [-0.3, -0.25) is 4.98 Å². The first-order valence-electron chi connectivity index (χ1n) is 6.26. The minimum absolute atomic E-state index is 0.189. The molecule has 2 rings (SSSR count). The van der Waals surface area contributed by atoms with E-state index >= 15 is 0 Å². The van der Waals surface area contributed by atoms with E-state index < -0.39 is 17.7 Å². The van der Waals surface area contributed by atoms with E-state index in [-0.39, 0.29) is 5.57 Å². The van der Waals surface area contributed by atoms with Gasteiger partial charge in [0, 0.05) is 24.5 Å². The Morgan fingerprint density at radius 1 is 1.24 bits per heavy atom. The number of rotatable bonds is 2. The minimum atomic E-state index is -1.24. The number of anilines is 1. The predicted octanol–water partition coefficient (Wildman–Crippen LogP) is 2.59. The maximum atomic E-state index is 11.8. The van der Waals surface area contributed by atoms with Crippen molar-refractivity contribution in [3.05, 3.63) is 33.7 Å². The summed E-state index contributed by atoms with van der Waals surface area (Å²) in [5.41, 5.74) is 2.25. The topological polar surface area (TPSA) is 77.5 Å². The molecule has 2 heterocycles. The van der Waals surface area contributed by atoms with Crippen LogP contribution in [-0.4, -0.2) is 22.7 Å². The van der Waals surface area contributed by atoms with Gasteiger partial charge in [0.15, 0.2) is 5.57 Å². The first-order chi connectivity index (χ1) is 9.71. The first-order valence-corrected chi connectivity index (χ1v) is 7.05. The molecule has 7 heteroatoms. The predicted molar refractivity (Wildman–Crippen MR) is 79.4 cm³/mol. The van der Waals surface area contributed by atoms with Gasteiger partial charge in [0.05, 0.1) is 17.6 Å². The minimum Gasteiger partial charge on any atom is -0.419 e. The molecule has 0 spiro atoms. The molecule has 0 saturated carbocycles. The van der Waals surface area contributed by atoms with E-state index in [0.29, 0.717) is 5.69 Å². The van der Waals surface area contributed by atoms with Gasteiger partial charge >= 0.3 is 11.9 Å². The standard InChI is InChI=1S/C14H15BrN2O4/c1-7-10(6-16-8(2)11(7)15)17-5-9-12(18)20-14(3,4)21-13(9)19/h5-6,17H,1-4H3. The number of esters is 2. The largest absolute Gasteiger partial charge is 0.419 e. The normalized spacial score (nSPS) is 17.1. The van der Waals surface area contributed by atoms with Crippen LogP contribution in [0.1, 0.15) is 25.1 Å². The average molecular weight is 355 g/mol. The number of cyclic esters (lactones) is 2. The zero-order valence-corrected chi connectivity index (χ0v) is 13.7. The number of nitrogens with zero attached hydrogens (tertiary/aromatic N) is 1. The SMILES string of the molecule is Cc1ncc(NC=C2C(=O)OC(C)(C)OC2=O)c(C)c1Br. The van der Waals surface area contributed by atoms with Crippen LogP contribution >= 0.6 is 15.9 Å². The van der Waals surface area contributed by atoms with E-state index in [2.05, 4.69) is 26.2 Å². The Bertz CT molecular complexity index is 631. The molecule has 0 unspecified atom stereocenters. The van der Waals surface area contributed by atoms with E-state index in [1.807, 2.05) is 13.8 Å². The van der Waals surface area contributed by atoms with Gasteiger partial charge in [-0.05, 0) is 35.3 Å². The molecule has 0 amide bonds. The van der Waals surface area contributed by atoms with Crippen LogP contribution in [0.15, 0.2) is 22.4 Å². The zero-order chi connectivity index (χ0) is 15.8. The summed E-state index contributed by atoms with van der Waals surface area (Å²) in [5.74, 6) is -2.68. The fraction of sp³-hybridized carbons (Fsp3) is 0.357. The van der Waals surface area contributed by atoms with Crippen molar-refractivity contribution in [3.63, 3.8) is 0 Å². The monoisotopic (exact) mass is 354 g/mol. The molecule has 21 heavy (non-hydrogen) atoms. The second-order valence-corrected chi connectivity index (χ2v) is 5.87. The van der Waals surface area contributed by atoms with Crippen LogP contribution in [0, 0.1) is 13.8 Å². The van der Waals surface area contributed by atoms with E-state index in [9.17, 15) is 9.59 Å². The van der Waals surface area contributed by atoms with Gasteiger partial charge in [0.25, 0.3) is 5.79 Å².